The first kappa shape index (κ1) is 15.7. The fraction of sp³-hybridized carbons (Fsp3) is 0.167. The largest absolute Gasteiger partial charge is 0.354 e. The third kappa shape index (κ3) is 2.98. The Hall–Kier alpha value is -2.80. The molecule has 3 aromatic heterocycles. The Balaban J connectivity index is 1.66. The number of hydrogen-bond acceptors (Lipinski definition) is 5. The number of aryl methyl sites for hydroxylation is 1. The van der Waals surface area contributed by atoms with Crippen LogP contribution in [0.3, 0.4) is 0 Å². The molecule has 0 amide bonds. The van der Waals surface area contributed by atoms with E-state index in [2.05, 4.69) is 15.3 Å². The zero-order chi connectivity index (χ0) is 17.4. The third-order valence-electron chi connectivity index (χ3n) is 4.08. The van der Waals surface area contributed by atoms with Crippen molar-refractivity contribution in [1.29, 1.82) is 0 Å². The van der Waals surface area contributed by atoms with Crippen molar-refractivity contribution in [2.24, 2.45) is 0 Å². The number of nitrogens with zero attached hydrogens (tertiary/aromatic N) is 5. The Morgan fingerprint density at radius 1 is 1.16 bits per heavy atom. The Morgan fingerprint density at radius 3 is 2.80 bits per heavy atom. The van der Waals surface area contributed by atoms with E-state index in [0.717, 1.165) is 16.9 Å². The van der Waals surface area contributed by atoms with Crippen LogP contribution in [-0.4, -0.2) is 26.9 Å². The van der Waals surface area contributed by atoms with Crippen LogP contribution in [0, 0.1) is 12.7 Å². The van der Waals surface area contributed by atoms with Crippen LogP contribution in [0.1, 0.15) is 11.1 Å². The van der Waals surface area contributed by atoms with Gasteiger partial charge >= 0.3 is 0 Å². The molecule has 0 bridgehead atoms. The third-order valence-corrected chi connectivity index (χ3v) is 4.76. The van der Waals surface area contributed by atoms with Crippen molar-refractivity contribution in [3.05, 3.63) is 64.1 Å². The van der Waals surface area contributed by atoms with Gasteiger partial charge in [-0.15, -0.1) is 15.3 Å². The summed E-state index contributed by atoms with van der Waals surface area (Å²) in [4.78, 5) is 1.97. The Morgan fingerprint density at radius 2 is 2.04 bits per heavy atom. The number of benzene rings is 1. The van der Waals surface area contributed by atoms with Crippen LogP contribution in [0.25, 0.3) is 17.0 Å². The number of aromatic nitrogens is 4. The normalized spacial score (nSPS) is 11.2. The summed E-state index contributed by atoms with van der Waals surface area (Å²) in [6, 6.07) is 11.1. The number of thiophene rings is 1. The second-order valence-corrected chi connectivity index (χ2v) is 6.72. The molecule has 1 aromatic carbocycles. The lowest BCUT2D eigenvalue weighted by molar-refractivity contribution is 0.615. The molecule has 5 nitrogen and oxygen atoms in total. The monoisotopic (exact) mass is 353 g/mol. The van der Waals surface area contributed by atoms with Crippen LogP contribution in [0.15, 0.2) is 47.2 Å². The fourth-order valence-corrected chi connectivity index (χ4v) is 3.28. The quantitative estimate of drug-likeness (QED) is 0.558. The number of anilines is 1. The van der Waals surface area contributed by atoms with Gasteiger partial charge in [-0.1, -0.05) is 12.1 Å². The molecule has 0 saturated carbocycles. The molecule has 25 heavy (non-hydrogen) atoms. The minimum atomic E-state index is -0.187. The van der Waals surface area contributed by atoms with E-state index in [4.69, 9.17) is 0 Å². The molecular formula is C18H16FN5S. The van der Waals surface area contributed by atoms with E-state index in [1.54, 1.807) is 34.9 Å². The van der Waals surface area contributed by atoms with E-state index in [0.29, 0.717) is 23.6 Å². The van der Waals surface area contributed by atoms with E-state index in [9.17, 15) is 4.39 Å². The molecule has 0 aliphatic rings. The summed E-state index contributed by atoms with van der Waals surface area (Å²) >= 11 is 1.61. The molecule has 4 aromatic rings. The van der Waals surface area contributed by atoms with Crippen molar-refractivity contribution in [2.75, 3.05) is 11.9 Å². The summed E-state index contributed by atoms with van der Waals surface area (Å²) in [7, 11) is 1.93. The van der Waals surface area contributed by atoms with Gasteiger partial charge in [0.25, 0.3) is 0 Å². The van der Waals surface area contributed by atoms with E-state index in [-0.39, 0.29) is 5.82 Å². The molecule has 0 spiro atoms. The number of fused-ring (bicyclic) bond motifs is 1. The number of hydrogen-bond donors (Lipinski definition) is 0. The molecule has 3 heterocycles. The minimum Gasteiger partial charge on any atom is -0.354 e. The number of rotatable bonds is 4. The highest BCUT2D eigenvalue weighted by Gasteiger charge is 2.12. The van der Waals surface area contributed by atoms with Crippen molar-refractivity contribution < 1.29 is 4.39 Å². The first-order valence-corrected chi connectivity index (χ1v) is 8.77. The molecule has 0 N–H and O–H groups in total. The second kappa shape index (κ2) is 6.25. The highest BCUT2D eigenvalue weighted by atomic mass is 32.1. The predicted octanol–water partition coefficient (Wildman–Crippen LogP) is 3.94. The zero-order valence-corrected chi connectivity index (χ0v) is 14.7. The average molecular weight is 353 g/mol. The van der Waals surface area contributed by atoms with Crippen LogP contribution >= 0.6 is 11.3 Å². The van der Waals surface area contributed by atoms with Crippen LogP contribution in [0.4, 0.5) is 10.2 Å². The van der Waals surface area contributed by atoms with Gasteiger partial charge in [-0.3, -0.25) is 0 Å². The molecule has 0 aliphatic heterocycles. The van der Waals surface area contributed by atoms with Crippen LogP contribution in [0.5, 0.6) is 0 Å². The van der Waals surface area contributed by atoms with Gasteiger partial charge in [-0.2, -0.15) is 15.9 Å². The topological polar surface area (TPSA) is 46.3 Å². The highest BCUT2D eigenvalue weighted by molar-refractivity contribution is 7.08. The molecule has 0 aliphatic carbocycles. The van der Waals surface area contributed by atoms with Crippen molar-refractivity contribution >= 4 is 22.8 Å². The average Bonchev–Trinajstić information content (AvgIpc) is 3.26. The van der Waals surface area contributed by atoms with Crippen molar-refractivity contribution in [2.45, 2.75) is 13.5 Å². The SMILES string of the molecule is Cc1ccc(CN(C)c2ccc3nnc(-c4ccsc4)n3n2)cc1F. The van der Waals surface area contributed by atoms with Gasteiger partial charge in [0.05, 0.1) is 0 Å². The molecular weight excluding hydrogens is 337 g/mol. The van der Waals surface area contributed by atoms with Gasteiger partial charge in [0, 0.05) is 24.5 Å². The van der Waals surface area contributed by atoms with Gasteiger partial charge in [-0.25, -0.2) is 4.39 Å². The van der Waals surface area contributed by atoms with Gasteiger partial charge in [0.2, 0.25) is 0 Å². The molecule has 126 valence electrons. The predicted molar refractivity (Wildman–Crippen MR) is 97.3 cm³/mol. The van der Waals surface area contributed by atoms with E-state index in [1.165, 1.54) is 0 Å². The maximum Gasteiger partial charge on any atom is 0.186 e. The smallest absolute Gasteiger partial charge is 0.186 e. The van der Waals surface area contributed by atoms with Gasteiger partial charge in [0.1, 0.15) is 11.6 Å². The lowest BCUT2D eigenvalue weighted by atomic mass is 10.1. The maximum atomic E-state index is 13.8. The Kier molecular flexibility index (Phi) is 3.93. The minimum absolute atomic E-state index is 0.187. The van der Waals surface area contributed by atoms with Gasteiger partial charge < -0.3 is 4.90 Å². The first-order valence-electron chi connectivity index (χ1n) is 7.83. The molecule has 0 fully saturated rings. The van der Waals surface area contributed by atoms with Gasteiger partial charge in [0.15, 0.2) is 11.5 Å². The second-order valence-electron chi connectivity index (χ2n) is 5.94. The molecule has 0 unspecified atom stereocenters. The summed E-state index contributed by atoms with van der Waals surface area (Å²) < 4.78 is 15.5. The molecule has 0 radical (unpaired) electrons. The Labute approximate surface area is 148 Å². The summed E-state index contributed by atoms with van der Waals surface area (Å²) in [5.41, 5.74) is 3.23. The Bertz CT molecular complexity index is 1030. The molecule has 4 rings (SSSR count). The zero-order valence-electron chi connectivity index (χ0n) is 13.8. The highest BCUT2D eigenvalue weighted by Crippen LogP contribution is 2.22. The van der Waals surface area contributed by atoms with Gasteiger partial charge in [-0.05, 0) is 47.7 Å². The fourth-order valence-electron chi connectivity index (χ4n) is 2.64. The maximum absolute atomic E-state index is 13.8. The van der Waals surface area contributed by atoms with E-state index >= 15 is 0 Å². The van der Waals surface area contributed by atoms with Crippen LogP contribution in [0.2, 0.25) is 0 Å². The van der Waals surface area contributed by atoms with Crippen molar-refractivity contribution in [1.82, 2.24) is 19.8 Å². The summed E-state index contributed by atoms with van der Waals surface area (Å²) in [5.74, 6) is 1.30. The van der Waals surface area contributed by atoms with E-state index in [1.807, 2.05) is 47.0 Å². The van der Waals surface area contributed by atoms with E-state index < -0.39 is 0 Å². The van der Waals surface area contributed by atoms with Crippen LogP contribution in [-0.2, 0) is 6.54 Å². The first-order chi connectivity index (χ1) is 12.1. The summed E-state index contributed by atoms with van der Waals surface area (Å²) in [6.45, 7) is 2.32. The number of halogens is 1. The molecule has 0 atom stereocenters. The summed E-state index contributed by atoms with van der Waals surface area (Å²) in [6.07, 6.45) is 0. The van der Waals surface area contributed by atoms with Crippen LogP contribution < -0.4 is 4.90 Å². The van der Waals surface area contributed by atoms with Crippen molar-refractivity contribution in [3.8, 4) is 11.4 Å². The lowest BCUT2D eigenvalue weighted by Crippen LogP contribution is -2.19. The molecule has 0 saturated heterocycles. The molecule has 7 heteroatoms. The van der Waals surface area contributed by atoms with Crippen molar-refractivity contribution in [3.63, 3.8) is 0 Å². The summed E-state index contributed by atoms with van der Waals surface area (Å²) in [5, 5.41) is 17.1. The lowest BCUT2D eigenvalue weighted by Gasteiger charge is -2.18. The standard InChI is InChI=1S/C18H16FN5S/c1-12-3-4-13(9-15(12)19)10-23(2)17-6-5-16-20-21-18(24(16)22-17)14-7-8-25-11-14/h3-9,11H,10H2,1-2H3.